The van der Waals surface area contributed by atoms with Gasteiger partial charge in [0, 0.05) is 37.6 Å². The van der Waals surface area contributed by atoms with Gasteiger partial charge in [0.05, 0.1) is 19.8 Å². The lowest BCUT2D eigenvalue weighted by Gasteiger charge is -2.48. The Morgan fingerprint density at radius 1 is 1.16 bits per heavy atom. The van der Waals surface area contributed by atoms with Gasteiger partial charge in [0.1, 0.15) is 0 Å². The summed E-state index contributed by atoms with van der Waals surface area (Å²) in [6.45, 7) is 10.0. The van der Waals surface area contributed by atoms with Crippen LogP contribution in [0.15, 0.2) is 18.2 Å². The second kappa shape index (κ2) is 7.94. The minimum Gasteiger partial charge on any atom is -0.490 e. The smallest absolute Gasteiger partial charge is 0.161 e. The summed E-state index contributed by atoms with van der Waals surface area (Å²) in [4.78, 5) is 4.80. The molecule has 2 aliphatic heterocycles. The second-order valence-corrected chi connectivity index (χ2v) is 7.66. The Kier molecular flexibility index (Phi) is 5.87. The van der Waals surface area contributed by atoms with E-state index in [0.717, 1.165) is 50.5 Å². The van der Waals surface area contributed by atoms with Crippen molar-refractivity contribution in [1.82, 2.24) is 9.80 Å². The molecule has 2 saturated heterocycles. The van der Waals surface area contributed by atoms with Gasteiger partial charge in [0.15, 0.2) is 11.5 Å². The minimum atomic E-state index is 0.273. The van der Waals surface area contributed by atoms with E-state index < -0.39 is 0 Å². The summed E-state index contributed by atoms with van der Waals surface area (Å²) in [6.07, 6.45) is 2.11. The van der Waals surface area contributed by atoms with Crippen molar-refractivity contribution in [2.45, 2.75) is 39.3 Å². The number of hydrogen-bond acceptors (Lipinski definition) is 5. The van der Waals surface area contributed by atoms with Crippen molar-refractivity contribution < 1.29 is 14.6 Å². The second-order valence-electron chi connectivity index (χ2n) is 7.66. The van der Waals surface area contributed by atoms with Crippen molar-refractivity contribution in [3.05, 3.63) is 23.8 Å². The molecule has 1 atom stereocenters. The maximum Gasteiger partial charge on any atom is 0.161 e. The van der Waals surface area contributed by atoms with Gasteiger partial charge >= 0.3 is 0 Å². The first-order valence-electron chi connectivity index (χ1n) is 9.51. The van der Waals surface area contributed by atoms with Gasteiger partial charge in [-0.05, 0) is 44.5 Å². The van der Waals surface area contributed by atoms with Crippen LogP contribution < -0.4 is 9.47 Å². The lowest BCUT2D eigenvalue weighted by molar-refractivity contribution is 0.00297. The van der Waals surface area contributed by atoms with E-state index in [1.165, 1.54) is 5.56 Å². The molecule has 1 N–H and O–H groups in total. The van der Waals surface area contributed by atoms with Gasteiger partial charge in [0.25, 0.3) is 0 Å². The van der Waals surface area contributed by atoms with Crippen molar-refractivity contribution in [3.63, 3.8) is 0 Å². The fourth-order valence-electron chi connectivity index (χ4n) is 4.33. The Hall–Kier alpha value is -1.30. The summed E-state index contributed by atoms with van der Waals surface area (Å²) < 4.78 is 11.5. The lowest BCUT2D eigenvalue weighted by atomic mass is 9.77. The van der Waals surface area contributed by atoms with Crippen LogP contribution in [0.1, 0.15) is 32.3 Å². The molecule has 5 nitrogen and oxygen atoms in total. The van der Waals surface area contributed by atoms with Crippen molar-refractivity contribution in [2.24, 2.45) is 5.41 Å². The Labute approximate surface area is 151 Å². The zero-order chi connectivity index (χ0) is 17.9. The summed E-state index contributed by atoms with van der Waals surface area (Å²) in [5.41, 5.74) is 1.65. The lowest BCUT2D eigenvalue weighted by Crippen LogP contribution is -2.56. The van der Waals surface area contributed by atoms with E-state index >= 15 is 0 Å². The van der Waals surface area contributed by atoms with E-state index in [1.54, 1.807) is 0 Å². The molecule has 1 aromatic carbocycles. The van der Waals surface area contributed by atoms with Crippen LogP contribution in [-0.2, 0) is 6.54 Å². The molecule has 1 spiro atoms. The van der Waals surface area contributed by atoms with Crippen molar-refractivity contribution >= 4 is 0 Å². The summed E-state index contributed by atoms with van der Waals surface area (Å²) in [5, 5.41) is 9.48. The summed E-state index contributed by atoms with van der Waals surface area (Å²) >= 11 is 0. The number of hydrogen-bond donors (Lipinski definition) is 1. The zero-order valence-electron chi connectivity index (χ0n) is 15.8. The van der Waals surface area contributed by atoms with E-state index in [0.29, 0.717) is 24.7 Å². The largest absolute Gasteiger partial charge is 0.490 e. The van der Waals surface area contributed by atoms with Gasteiger partial charge in [-0.3, -0.25) is 4.90 Å². The Morgan fingerprint density at radius 3 is 2.60 bits per heavy atom. The van der Waals surface area contributed by atoms with Gasteiger partial charge in [-0.15, -0.1) is 0 Å². The van der Waals surface area contributed by atoms with E-state index in [1.807, 2.05) is 13.0 Å². The fourth-order valence-corrected chi connectivity index (χ4v) is 4.33. The molecule has 0 aromatic heterocycles. The van der Waals surface area contributed by atoms with Crippen LogP contribution in [0.3, 0.4) is 0 Å². The predicted octanol–water partition coefficient (Wildman–Crippen LogP) is 2.37. The van der Waals surface area contributed by atoms with Crippen LogP contribution in [0.25, 0.3) is 0 Å². The third kappa shape index (κ3) is 4.10. The number of aliphatic hydroxyl groups excluding tert-OH is 1. The average molecular weight is 348 g/mol. The molecule has 25 heavy (non-hydrogen) atoms. The standard InChI is InChI=1S/C20H32N2O3/c1-4-8-25-18-7-6-16(9-19(18)24-5-2)11-22-14-20(15-22)10-17(12-23)21(3)13-20/h6-7,9,17,23H,4-5,8,10-15H2,1-3H3. The predicted molar refractivity (Wildman–Crippen MR) is 99.2 cm³/mol. The van der Waals surface area contributed by atoms with E-state index in [9.17, 15) is 5.11 Å². The molecule has 140 valence electrons. The first kappa shape index (κ1) is 18.5. The van der Waals surface area contributed by atoms with Crippen LogP contribution in [0.4, 0.5) is 0 Å². The first-order chi connectivity index (χ1) is 12.1. The maximum atomic E-state index is 9.48. The Bertz CT molecular complexity index is 572. The molecule has 0 bridgehead atoms. The van der Waals surface area contributed by atoms with Crippen LogP contribution in [0, 0.1) is 5.41 Å². The molecule has 0 saturated carbocycles. The van der Waals surface area contributed by atoms with E-state index in [4.69, 9.17) is 9.47 Å². The third-order valence-electron chi connectivity index (χ3n) is 5.38. The van der Waals surface area contributed by atoms with Crippen LogP contribution in [0.2, 0.25) is 0 Å². The number of likely N-dealkylation sites (tertiary alicyclic amines) is 2. The quantitative estimate of drug-likeness (QED) is 0.781. The highest BCUT2D eigenvalue weighted by molar-refractivity contribution is 5.43. The molecule has 2 heterocycles. The zero-order valence-corrected chi connectivity index (χ0v) is 15.8. The highest BCUT2D eigenvalue weighted by atomic mass is 16.5. The number of rotatable bonds is 8. The van der Waals surface area contributed by atoms with Crippen molar-refractivity contribution in [2.75, 3.05) is 46.5 Å². The molecule has 0 aliphatic carbocycles. The van der Waals surface area contributed by atoms with Gasteiger partial charge in [-0.2, -0.15) is 0 Å². The number of likely N-dealkylation sites (N-methyl/N-ethyl adjacent to an activating group) is 1. The molecule has 0 amide bonds. The van der Waals surface area contributed by atoms with Crippen LogP contribution in [0.5, 0.6) is 11.5 Å². The molecule has 3 rings (SSSR count). The SMILES string of the molecule is CCCOc1ccc(CN2CC3(CC(CO)N(C)C3)C2)cc1OCC. The molecule has 1 aromatic rings. The fraction of sp³-hybridized carbons (Fsp3) is 0.700. The minimum absolute atomic E-state index is 0.273. The van der Waals surface area contributed by atoms with Gasteiger partial charge < -0.3 is 19.5 Å². The van der Waals surface area contributed by atoms with E-state index in [-0.39, 0.29) is 6.61 Å². The highest BCUT2D eigenvalue weighted by Gasteiger charge is 2.49. The van der Waals surface area contributed by atoms with Crippen molar-refractivity contribution in [3.8, 4) is 11.5 Å². The molecule has 1 unspecified atom stereocenters. The Morgan fingerprint density at radius 2 is 1.96 bits per heavy atom. The number of nitrogens with zero attached hydrogens (tertiary/aromatic N) is 2. The number of benzene rings is 1. The number of aliphatic hydroxyl groups is 1. The molecule has 2 aliphatic rings. The normalized spacial score (nSPS) is 23.0. The monoisotopic (exact) mass is 348 g/mol. The third-order valence-corrected chi connectivity index (χ3v) is 5.38. The summed E-state index contributed by atoms with van der Waals surface area (Å²) in [6, 6.07) is 6.64. The average Bonchev–Trinajstić information content (AvgIpc) is 2.91. The number of ether oxygens (including phenoxy) is 2. The van der Waals surface area contributed by atoms with Crippen LogP contribution >= 0.6 is 0 Å². The molecule has 5 heteroatoms. The maximum absolute atomic E-state index is 9.48. The van der Waals surface area contributed by atoms with Gasteiger partial charge in [0.2, 0.25) is 0 Å². The molecular formula is C20H32N2O3. The highest BCUT2D eigenvalue weighted by Crippen LogP contribution is 2.42. The van der Waals surface area contributed by atoms with Gasteiger partial charge in [-0.25, -0.2) is 0 Å². The first-order valence-corrected chi connectivity index (χ1v) is 9.51. The van der Waals surface area contributed by atoms with Crippen molar-refractivity contribution in [1.29, 1.82) is 0 Å². The molecule has 0 radical (unpaired) electrons. The van der Waals surface area contributed by atoms with Crippen LogP contribution in [-0.4, -0.2) is 67.5 Å². The summed E-state index contributed by atoms with van der Waals surface area (Å²) in [5.74, 6) is 1.69. The van der Waals surface area contributed by atoms with E-state index in [2.05, 4.69) is 35.9 Å². The van der Waals surface area contributed by atoms with Gasteiger partial charge in [-0.1, -0.05) is 13.0 Å². The Balaban J connectivity index is 1.58. The molecular weight excluding hydrogens is 316 g/mol. The summed E-state index contributed by atoms with van der Waals surface area (Å²) in [7, 11) is 2.13. The molecule has 2 fully saturated rings. The topological polar surface area (TPSA) is 45.2 Å².